The number of fused-ring (bicyclic) bond motifs is 1. The second-order valence-electron chi connectivity index (χ2n) is 5.29. The van der Waals surface area contributed by atoms with Gasteiger partial charge >= 0.3 is 0 Å². The van der Waals surface area contributed by atoms with E-state index in [9.17, 15) is 9.65 Å². The van der Waals surface area contributed by atoms with Crippen molar-refractivity contribution in [2.24, 2.45) is 4.99 Å². The van der Waals surface area contributed by atoms with Crippen molar-refractivity contribution in [1.82, 2.24) is 10.3 Å². The van der Waals surface area contributed by atoms with Crippen LogP contribution in [0.2, 0.25) is 0 Å². The van der Waals surface area contributed by atoms with Gasteiger partial charge in [-0.05, 0) is 17.7 Å². The van der Waals surface area contributed by atoms with E-state index < -0.39 is 11.9 Å². The molecule has 0 saturated carbocycles. The third-order valence-corrected chi connectivity index (χ3v) is 3.82. The third kappa shape index (κ3) is 2.58. The second kappa shape index (κ2) is 6.31. The van der Waals surface area contributed by atoms with Crippen molar-refractivity contribution in [3.8, 4) is 24.6 Å². The predicted octanol–water partition coefficient (Wildman–Crippen LogP) is 1.18. The number of rotatable bonds is 1. The van der Waals surface area contributed by atoms with Crippen LogP contribution in [-0.2, 0) is 0 Å². The molecule has 0 spiro atoms. The van der Waals surface area contributed by atoms with Crippen molar-refractivity contribution in [1.29, 1.82) is 10.5 Å². The molecule has 2 heterocycles. The van der Waals surface area contributed by atoms with Crippen molar-refractivity contribution < 1.29 is 4.39 Å². The number of guanidine groups is 1. The van der Waals surface area contributed by atoms with Crippen LogP contribution in [0.3, 0.4) is 0 Å². The Bertz CT molecular complexity index is 1070. The Morgan fingerprint density at radius 1 is 1.31 bits per heavy atom. The average molecular weight is 346 g/mol. The van der Waals surface area contributed by atoms with Crippen LogP contribution in [0.25, 0.3) is 0 Å². The lowest BCUT2D eigenvalue weighted by molar-refractivity contribution is 0.620. The summed E-state index contributed by atoms with van der Waals surface area (Å²) in [6.07, 6.45) is 6.98. The molecular weight excluding hydrogens is 335 g/mol. The summed E-state index contributed by atoms with van der Waals surface area (Å²) in [5.74, 6) is 1.87. The van der Waals surface area contributed by atoms with Crippen LogP contribution in [0, 0.1) is 40.9 Å². The summed E-state index contributed by atoms with van der Waals surface area (Å²) in [6, 6.07) is 5.33. The zero-order valence-electron chi connectivity index (χ0n) is 13.2. The normalized spacial score (nSPS) is 14.7. The van der Waals surface area contributed by atoms with Gasteiger partial charge in [-0.1, -0.05) is 12.0 Å². The number of nitrogens with two attached hydrogens (primary N) is 2. The zero-order chi connectivity index (χ0) is 18.8. The number of hydrogen-bond donors (Lipinski definition) is 4. The number of nitriles is 2. The number of aliphatic imine (C=N–C) groups is 1. The maximum atomic E-state index is 14.1. The largest absolute Gasteiger partial charge is 0.397 e. The molecular formula is C17H11FN8. The summed E-state index contributed by atoms with van der Waals surface area (Å²) >= 11 is 0. The Morgan fingerprint density at radius 3 is 2.69 bits per heavy atom. The number of terminal acetylenes is 1. The molecule has 0 bridgehead atoms. The van der Waals surface area contributed by atoms with Crippen LogP contribution in [-0.4, -0.2) is 10.9 Å². The van der Waals surface area contributed by atoms with E-state index in [1.54, 1.807) is 12.3 Å². The molecule has 1 aromatic heterocycles. The highest BCUT2D eigenvalue weighted by atomic mass is 19.1. The number of benzene rings is 1. The SMILES string of the molecule is C#Cc1ccc(C2N=C(NC#N)Nc3nc(N)c(C#N)c(N)c32)cc1F. The molecule has 0 amide bonds. The van der Waals surface area contributed by atoms with E-state index >= 15 is 0 Å². The third-order valence-electron chi connectivity index (χ3n) is 3.82. The number of halogens is 1. The van der Waals surface area contributed by atoms with Gasteiger partial charge in [0, 0.05) is 5.56 Å². The van der Waals surface area contributed by atoms with Crippen LogP contribution in [0.1, 0.15) is 28.3 Å². The van der Waals surface area contributed by atoms with Gasteiger partial charge in [-0.3, -0.25) is 5.32 Å². The van der Waals surface area contributed by atoms with Crippen molar-refractivity contribution in [2.45, 2.75) is 6.04 Å². The molecule has 1 unspecified atom stereocenters. The van der Waals surface area contributed by atoms with Gasteiger partial charge in [0.2, 0.25) is 5.96 Å². The number of hydrogen-bond acceptors (Lipinski definition) is 8. The van der Waals surface area contributed by atoms with E-state index in [4.69, 9.17) is 23.2 Å². The van der Waals surface area contributed by atoms with Crippen molar-refractivity contribution in [3.05, 3.63) is 46.3 Å². The molecule has 1 aliphatic rings. The smallest absolute Gasteiger partial charge is 0.211 e. The van der Waals surface area contributed by atoms with Crippen LogP contribution >= 0.6 is 0 Å². The summed E-state index contributed by atoms with van der Waals surface area (Å²) < 4.78 is 14.1. The van der Waals surface area contributed by atoms with Crippen molar-refractivity contribution in [3.63, 3.8) is 0 Å². The fourth-order valence-corrected chi connectivity index (χ4v) is 2.64. The summed E-state index contributed by atoms with van der Waals surface area (Å²) in [6.45, 7) is 0. The Morgan fingerprint density at radius 2 is 2.08 bits per heavy atom. The van der Waals surface area contributed by atoms with Gasteiger partial charge in [-0.25, -0.2) is 14.4 Å². The molecule has 1 atom stereocenters. The van der Waals surface area contributed by atoms with E-state index in [0.717, 1.165) is 0 Å². The lowest BCUT2D eigenvalue weighted by Crippen LogP contribution is -2.32. The van der Waals surface area contributed by atoms with Gasteiger partial charge in [0.1, 0.15) is 35.1 Å². The lowest BCUT2D eigenvalue weighted by Gasteiger charge is -2.26. The highest BCUT2D eigenvalue weighted by molar-refractivity contribution is 5.98. The van der Waals surface area contributed by atoms with Gasteiger partial charge in [-0.15, -0.1) is 6.42 Å². The topological polar surface area (TPSA) is 149 Å². The predicted molar refractivity (Wildman–Crippen MR) is 93.8 cm³/mol. The van der Waals surface area contributed by atoms with E-state index in [2.05, 4.69) is 26.5 Å². The van der Waals surface area contributed by atoms with Crippen LogP contribution < -0.4 is 22.1 Å². The molecule has 9 heteroatoms. The number of anilines is 3. The molecule has 1 aliphatic heterocycles. The summed E-state index contributed by atoms with van der Waals surface area (Å²) in [5.41, 5.74) is 12.8. The number of nitrogens with one attached hydrogen (secondary N) is 2. The monoisotopic (exact) mass is 346 g/mol. The molecule has 126 valence electrons. The van der Waals surface area contributed by atoms with Crippen LogP contribution in [0.4, 0.5) is 21.7 Å². The summed E-state index contributed by atoms with van der Waals surface area (Å²) in [4.78, 5) is 8.45. The van der Waals surface area contributed by atoms with Gasteiger partial charge in [0.15, 0.2) is 6.19 Å². The first-order valence-corrected chi connectivity index (χ1v) is 7.25. The van der Waals surface area contributed by atoms with Crippen molar-refractivity contribution in [2.75, 3.05) is 16.8 Å². The maximum absolute atomic E-state index is 14.1. The van der Waals surface area contributed by atoms with Gasteiger partial charge in [0.25, 0.3) is 0 Å². The quantitative estimate of drug-likeness (QED) is 0.344. The van der Waals surface area contributed by atoms with E-state index in [1.807, 2.05) is 6.07 Å². The summed E-state index contributed by atoms with van der Waals surface area (Å²) in [5, 5.41) is 23.3. The number of aromatic nitrogens is 1. The minimum absolute atomic E-state index is 0.00293. The standard InChI is InChI=1S/C17H11FN8/c1-2-8-3-4-9(5-11(8)18)14-12-13(21)10(6-19)15(22)25-16(12)26-17(24-14)23-7-20/h1,3-5,14H,(H6,21,22,23,24,25,26). The average Bonchev–Trinajstić information content (AvgIpc) is 2.61. The molecule has 6 N–H and O–H groups in total. The molecule has 0 saturated heterocycles. The molecule has 2 aromatic rings. The number of nitrogens with zero attached hydrogens (tertiary/aromatic N) is 4. The Hall–Kier alpha value is -4.29. The zero-order valence-corrected chi connectivity index (χ0v) is 13.2. The first-order chi connectivity index (χ1) is 12.5. The highest BCUT2D eigenvalue weighted by Crippen LogP contribution is 2.40. The Balaban J connectivity index is 2.25. The minimum atomic E-state index is -0.816. The Kier molecular flexibility index (Phi) is 4.02. The van der Waals surface area contributed by atoms with Gasteiger partial charge < -0.3 is 16.8 Å². The Labute approximate surface area is 148 Å². The molecule has 3 rings (SSSR count). The first-order valence-electron chi connectivity index (χ1n) is 7.25. The molecule has 0 fully saturated rings. The van der Waals surface area contributed by atoms with Gasteiger partial charge in [-0.2, -0.15) is 10.5 Å². The first kappa shape index (κ1) is 16.6. The van der Waals surface area contributed by atoms with Gasteiger partial charge in [0.05, 0.1) is 11.3 Å². The van der Waals surface area contributed by atoms with E-state index in [1.165, 1.54) is 12.1 Å². The van der Waals surface area contributed by atoms with E-state index in [-0.39, 0.29) is 34.4 Å². The number of nitrogen functional groups attached to an aromatic ring is 2. The fourth-order valence-electron chi connectivity index (χ4n) is 2.64. The van der Waals surface area contributed by atoms with Crippen molar-refractivity contribution >= 4 is 23.3 Å². The molecule has 8 nitrogen and oxygen atoms in total. The number of pyridine rings is 1. The second-order valence-corrected chi connectivity index (χ2v) is 5.29. The van der Waals surface area contributed by atoms with Crippen LogP contribution in [0.15, 0.2) is 23.2 Å². The maximum Gasteiger partial charge on any atom is 0.211 e. The summed E-state index contributed by atoms with van der Waals surface area (Å²) in [7, 11) is 0. The minimum Gasteiger partial charge on any atom is -0.397 e. The van der Waals surface area contributed by atoms with E-state index in [0.29, 0.717) is 11.1 Å². The molecule has 1 aromatic carbocycles. The highest BCUT2D eigenvalue weighted by Gasteiger charge is 2.30. The molecule has 0 radical (unpaired) electrons. The molecule has 0 aliphatic carbocycles. The molecule has 26 heavy (non-hydrogen) atoms. The fraction of sp³-hybridized carbons (Fsp3) is 0.0588. The lowest BCUT2D eigenvalue weighted by atomic mass is 9.94. The van der Waals surface area contributed by atoms with Crippen LogP contribution in [0.5, 0.6) is 0 Å².